The minimum Gasteiger partial charge on any atom is -0.778 e. The molecule has 26 heavy (non-hydrogen) atoms. The molecule has 0 spiro atoms. The van der Waals surface area contributed by atoms with Crippen molar-refractivity contribution in [2.45, 2.75) is 38.7 Å². The minimum absolute atomic E-state index is 0.0183. The number of aromatic amines is 1. The molecular formula is C15H22N4O6P-. The molecule has 1 N–H and O–H groups in total. The number of imidazole rings is 1. The van der Waals surface area contributed by atoms with Crippen LogP contribution in [-0.4, -0.2) is 51.6 Å². The van der Waals surface area contributed by atoms with E-state index in [2.05, 4.69) is 15.0 Å². The highest BCUT2D eigenvalue weighted by atomic mass is 31.2. The zero-order chi connectivity index (χ0) is 18.9. The Balaban J connectivity index is 1.73. The van der Waals surface area contributed by atoms with Crippen LogP contribution in [-0.2, 0) is 18.6 Å². The number of H-pyrrole nitrogens is 1. The van der Waals surface area contributed by atoms with Crippen molar-refractivity contribution in [2.24, 2.45) is 5.92 Å². The second-order valence-corrected chi connectivity index (χ2v) is 8.52. The van der Waals surface area contributed by atoms with Crippen molar-refractivity contribution in [3.63, 3.8) is 0 Å². The van der Waals surface area contributed by atoms with Crippen LogP contribution in [0.3, 0.4) is 0 Å². The van der Waals surface area contributed by atoms with Gasteiger partial charge >= 0.3 is 0 Å². The van der Waals surface area contributed by atoms with Crippen molar-refractivity contribution in [1.29, 1.82) is 0 Å². The molecule has 0 aromatic carbocycles. The number of ether oxygens (including phenoxy) is 2. The molecule has 144 valence electrons. The zero-order valence-corrected chi connectivity index (χ0v) is 15.7. The topological polar surface area (TPSA) is 131 Å². The first kappa shape index (κ1) is 19.2. The van der Waals surface area contributed by atoms with E-state index >= 15 is 0 Å². The van der Waals surface area contributed by atoms with E-state index < -0.39 is 19.9 Å². The number of rotatable bonds is 7. The molecule has 1 aliphatic heterocycles. The Morgan fingerprint density at radius 1 is 1.50 bits per heavy atom. The molecule has 2 aromatic heterocycles. The second-order valence-electron chi connectivity index (χ2n) is 6.68. The van der Waals surface area contributed by atoms with Crippen molar-refractivity contribution in [3.8, 4) is 0 Å². The summed E-state index contributed by atoms with van der Waals surface area (Å²) in [5.41, 5.74) is 0.270. The first-order chi connectivity index (χ1) is 12.3. The Labute approximate surface area is 150 Å². The predicted molar refractivity (Wildman–Crippen MR) is 90.7 cm³/mol. The number of nitrogens with one attached hydrogen (secondary N) is 1. The summed E-state index contributed by atoms with van der Waals surface area (Å²) in [6.45, 7) is 3.50. The zero-order valence-electron chi connectivity index (χ0n) is 14.8. The smallest absolute Gasteiger partial charge is 0.278 e. The largest absolute Gasteiger partial charge is 0.778 e. The summed E-state index contributed by atoms with van der Waals surface area (Å²) in [4.78, 5) is 34.4. The lowest BCUT2D eigenvalue weighted by Crippen LogP contribution is -2.29. The van der Waals surface area contributed by atoms with Gasteiger partial charge in [0.05, 0.1) is 25.4 Å². The monoisotopic (exact) mass is 385 g/mol. The SMILES string of the molecule is CO[C@@H]1C[C@H](n2cnc3c(=O)[nH]cnc32)O[C@@H]1COP(=O)([O-])CC(C)C. The summed E-state index contributed by atoms with van der Waals surface area (Å²) in [7, 11) is -2.40. The van der Waals surface area contributed by atoms with Crippen molar-refractivity contribution in [2.75, 3.05) is 19.9 Å². The molecule has 1 fully saturated rings. The molecular weight excluding hydrogens is 363 g/mol. The third-order valence-corrected chi connectivity index (χ3v) is 5.90. The second kappa shape index (κ2) is 7.58. The average Bonchev–Trinajstić information content (AvgIpc) is 3.16. The van der Waals surface area contributed by atoms with Gasteiger partial charge in [0.25, 0.3) is 5.56 Å². The normalized spacial score (nSPS) is 25.8. The van der Waals surface area contributed by atoms with Gasteiger partial charge < -0.3 is 28.4 Å². The van der Waals surface area contributed by atoms with Crippen LogP contribution < -0.4 is 10.5 Å². The first-order valence-corrected chi connectivity index (χ1v) is 10.1. The van der Waals surface area contributed by atoms with Crippen molar-refractivity contribution in [1.82, 2.24) is 19.5 Å². The summed E-state index contributed by atoms with van der Waals surface area (Å²) >= 11 is 0. The molecule has 2 aromatic rings. The van der Waals surface area contributed by atoms with E-state index in [1.54, 1.807) is 4.57 Å². The van der Waals surface area contributed by atoms with E-state index in [1.165, 1.54) is 19.8 Å². The van der Waals surface area contributed by atoms with E-state index in [4.69, 9.17) is 14.0 Å². The van der Waals surface area contributed by atoms with Crippen molar-refractivity contribution in [3.05, 3.63) is 23.0 Å². The van der Waals surface area contributed by atoms with Crippen LogP contribution in [0.25, 0.3) is 11.2 Å². The number of fused-ring (bicyclic) bond motifs is 1. The molecule has 3 heterocycles. The molecule has 10 nitrogen and oxygen atoms in total. The van der Waals surface area contributed by atoms with Gasteiger partial charge in [0.2, 0.25) is 0 Å². The highest BCUT2D eigenvalue weighted by Gasteiger charge is 2.38. The van der Waals surface area contributed by atoms with E-state index in [1.807, 2.05) is 13.8 Å². The van der Waals surface area contributed by atoms with Crippen LogP contribution in [0.2, 0.25) is 0 Å². The fourth-order valence-corrected chi connectivity index (χ4v) is 4.40. The first-order valence-electron chi connectivity index (χ1n) is 8.34. The highest BCUT2D eigenvalue weighted by molar-refractivity contribution is 7.51. The molecule has 0 radical (unpaired) electrons. The van der Waals surface area contributed by atoms with Gasteiger partial charge in [-0.1, -0.05) is 13.8 Å². The van der Waals surface area contributed by atoms with Crippen LogP contribution in [0.1, 0.15) is 26.5 Å². The Hall–Kier alpha value is -1.58. The third-order valence-electron chi connectivity index (χ3n) is 4.18. The molecule has 0 saturated carbocycles. The van der Waals surface area contributed by atoms with Crippen LogP contribution in [0, 0.1) is 5.92 Å². The van der Waals surface area contributed by atoms with E-state index in [-0.39, 0.29) is 35.9 Å². The maximum Gasteiger partial charge on any atom is 0.278 e. The molecule has 3 rings (SSSR count). The Bertz CT molecular complexity index is 865. The van der Waals surface area contributed by atoms with Gasteiger partial charge in [0.1, 0.15) is 19.9 Å². The quantitative estimate of drug-likeness (QED) is 0.687. The summed E-state index contributed by atoms with van der Waals surface area (Å²) in [5, 5.41) is 0. The highest BCUT2D eigenvalue weighted by Crippen LogP contribution is 2.41. The number of methoxy groups -OCH3 is 1. The lowest BCUT2D eigenvalue weighted by molar-refractivity contribution is -0.202. The average molecular weight is 385 g/mol. The third kappa shape index (κ3) is 4.05. The van der Waals surface area contributed by atoms with Gasteiger partial charge in [-0.05, 0) is 5.92 Å². The van der Waals surface area contributed by atoms with Gasteiger partial charge in [-0.3, -0.25) is 9.36 Å². The molecule has 4 atom stereocenters. The van der Waals surface area contributed by atoms with Gasteiger partial charge in [0, 0.05) is 19.7 Å². The summed E-state index contributed by atoms with van der Waals surface area (Å²) in [6.07, 6.45) is 1.81. The number of hydrogen-bond acceptors (Lipinski definition) is 8. The van der Waals surface area contributed by atoms with Crippen LogP contribution >= 0.6 is 7.60 Å². The Morgan fingerprint density at radius 3 is 2.96 bits per heavy atom. The lowest BCUT2D eigenvalue weighted by atomic mass is 10.2. The molecule has 0 amide bonds. The molecule has 11 heteroatoms. The van der Waals surface area contributed by atoms with Gasteiger partial charge in [-0.25, -0.2) is 9.97 Å². The van der Waals surface area contributed by atoms with Crippen LogP contribution in [0.5, 0.6) is 0 Å². The van der Waals surface area contributed by atoms with Crippen molar-refractivity contribution >= 4 is 18.8 Å². The standard InChI is InChI=1S/C15H23N4O6P/c1-9(2)6-26(21,22)24-5-11-10(23-3)4-12(25-11)19-8-18-13-14(19)16-7-17-15(13)20/h7-12H,4-6H2,1-3H3,(H,21,22)(H,16,17,20)/p-1/t10-,11-,12-/m1/s1. The summed E-state index contributed by atoms with van der Waals surface area (Å²) in [6, 6.07) is 0. The molecule has 1 unspecified atom stereocenters. The number of hydrogen-bond donors (Lipinski definition) is 1. The van der Waals surface area contributed by atoms with Gasteiger partial charge in [-0.15, -0.1) is 0 Å². The number of aromatic nitrogens is 4. The molecule has 0 bridgehead atoms. The van der Waals surface area contributed by atoms with Gasteiger partial charge in [-0.2, -0.15) is 0 Å². The molecule has 1 aliphatic rings. The number of nitrogens with zero attached hydrogens (tertiary/aromatic N) is 3. The fourth-order valence-electron chi connectivity index (χ4n) is 3.03. The van der Waals surface area contributed by atoms with E-state index in [0.29, 0.717) is 12.1 Å². The van der Waals surface area contributed by atoms with Crippen LogP contribution in [0.15, 0.2) is 17.4 Å². The Morgan fingerprint density at radius 2 is 2.27 bits per heavy atom. The fraction of sp³-hybridized carbons (Fsp3) is 0.667. The lowest BCUT2D eigenvalue weighted by Gasteiger charge is -2.27. The summed E-state index contributed by atoms with van der Waals surface area (Å²) < 4.78 is 30.1. The van der Waals surface area contributed by atoms with Crippen molar-refractivity contribution < 1.29 is 23.5 Å². The molecule has 1 saturated heterocycles. The van der Waals surface area contributed by atoms with E-state index in [9.17, 15) is 14.3 Å². The summed E-state index contributed by atoms with van der Waals surface area (Å²) in [5.74, 6) is -0.0183. The minimum atomic E-state index is -3.93. The van der Waals surface area contributed by atoms with Gasteiger partial charge in [0.15, 0.2) is 11.2 Å². The maximum absolute atomic E-state index is 12.0. The van der Waals surface area contributed by atoms with E-state index in [0.717, 1.165) is 0 Å². The maximum atomic E-state index is 12.0. The van der Waals surface area contributed by atoms with Crippen LogP contribution in [0.4, 0.5) is 0 Å². The predicted octanol–water partition coefficient (Wildman–Crippen LogP) is 0.648. The Kier molecular flexibility index (Phi) is 5.59. The molecule has 0 aliphatic carbocycles.